The van der Waals surface area contributed by atoms with Crippen molar-refractivity contribution in [2.24, 2.45) is 0 Å². The number of benzene rings is 1. The van der Waals surface area contributed by atoms with E-state index in [1.807, 2.05) is 54.3 Å². The van der Waals surface area contributed by atoms with Crippen LogP contribution in [0.25, 0.3) is 16.6 Å². The highest BCUT2D eigenvalue weighted by molar-refractivity contribution is 5.90. The highest BCUT2D eigenvalue weighted by Gasteiger charge is 2.04. The number of nitrogens with one attached hydrogen (secondary N) is 2. The number of aryl methyl sites for hydroxylation is 1. The molecule has 0 atom stereocenters. The van der Waals surface area contributed by atoms with Crippen molar-refractivity contribution < 1.29 is 0 Å². The number of nitrogens with zero attached hydrogens (tertiary/aromatic N) is 4. The monoisotopic (exact) mass is 278 g/mol. The predicted molar refractivity (Wildman–Crippen MR) is 81.1 cm³/mol. The van der Waals surface area contributed by atoms with Gasteiger partial charge in [0.1, 0.15) is 0 Å². The maximum atomic E-state index is 4.41. The number of H-pyrrole nitrogens is 1. The minimum atomic E-state index is 0.687. The van der Waals surface area contributed by atoms with Crippen LogP contribution in [0, 0.1) is 6.92 Å². The van der Waals surface area contributed by atoms with E-state index < -0.39 is 0 Å². The molecule has 0 radical (unpaired) electrons. The molecular weight excluding hydrogens is 264 g/mol. The van der Waals surface area contributed by atoms with Crippen LogP contribution < -0.4 is 5.32 Å². The summed E-state index contributed by atoms with van der Waals surface area (Å²) in [6, 6.07) is 8.01. The van der Waals surface area contributed by atoms with Gasteiger partial charge in [0.25, 0.3) is 0 Å². The summed E-state index contributed by atoms with van der Waals surface area (Å²) in [7, 11) is 0. The topological polar surface area (TPSA) is 70.9 Å². The number of aromatic nitrogens is 5. The Kier molecular flexibility index (Phi) is 2.60. The smallest absolute Gasteiger partial charge is 0.155 e. The van der Waals surface area contributed by atoms with Crippen LogP contribution in [0.4, 0.5) is 5.69 Å². The van der Waals surface area contributed by atoms with Gasteiger partial charge >= 0.3 is 0 Å². The van der Waals surface area contributed by atoms with E-state index >= 15 is 0 Å². The van der Waals surface area contributed by atoms with E-state index in [1.165, 1.54) is 0 Å². The third-order valence-corrected chi connectivity index (χ3v) is 3.46. The normalized spacial score (nSPS) is 11.3. The molecule has 0 amide bonds. The molecule has 6 nitrogen and oxygen atoms in total. The third-order valence-electron chi connectivity index (χ3n) is 3.46. The number of anilines is 1. The second-order valence-electron chi connectivity index (χ2n) is 5.04. The molecule has 3 aromatic heterocycles. The maximum absolute atomic E-state index is 4.41. The SMILES string of the molecule is Cc1cc2ncc(CNc3cccc4[nH]ncc34)cn2n1. The van der Waals surface area contributed by atoms with Gasteiger partial charge in [0, 0.05) is 41.6 Å². The number of hydrogen-bond acceptors (Lipinski definition) is 4. The first-order chi connectivity index (χ1) is 10.3. The molecule has 2 N–H and O–H groups in total. The summed E-state index contributed by atoms with van der Waals surface area (Å²) in [6.45, 7) is 2.65. The van der Waals surface area contributed by atoms with Crippen molar-refractivity contribution in [3.8, 4) is 0 Å². The second-order valence-corrected chi connectivity index (χ2v) is 5.04. The molecular formula is C15H14N6. The largest absolute Gasteiger partial charge is 0.380 e. The van der Waals surface area contributed by atoms with Gasteiger partial charge in [-0.25, -0.2) is 9.50 Å². The zero-order valence-electron chi connectivity index (χ0n) is 11.5. The number of fused-ring (bicyclic) bond motifs is 2. The molecule has 3 heterocycles. The van der Waals surface area contributed by atoms with Crippen molar-refractivity contribution in [1.82, 2.24) is 24.8 Å². The first-order valence-corrected chi connectivity index (χ1v) is 6.76. The molecule has 0 aliphatic carbocycles. The summed E-state index contributed by atoms with van der Waals surface area (Å²) in [6.07, 6.45) is 5.70. The van der Waals surface area contributed by atoms with E-state index in [0.717, 1.165) is 33.5 Å². The van der Waals surface area contributed by atoms with E-state index in [1.54, 1.807) is 0 Å². The summed E-state index contributed by atoms with van der Waals surface area (Å²) in [5.41, 5.74) is 4.99. The average molecular weight is 278 g/mol. The maximum Gasteiger partial charge on any atom is 0.155 e. The highest BCUT2D eigenvalue weighted by Crippen LogP contribution is 2.21. The van der Waals surface area contributed by atoms with E-state index in [4.69, 9.17) is 0 Å². The second kappa shape index (κ2) is 4.59. The molecule has 0 spiro atoms. The molecule has 4 rings (SSSR count). The Bertz CT molecular complexity index is 920. The molecule has 21 heavy (non-hydrogen) atoms. The Labute approximate surface area is 120 Å². The fraction of sp³-hybridized carbons (Fsp3) is 0.133. The Morgan fingerprint density at radius 2 is 2.24 bits per heavy atom. The van der Waals surface area contributed by atoms with Crippen LogP contribution in [0.3, 0.4) is 0 Å². The third kappa shape index (κ3) is 2.10. The van der Waals surface area contributed by atoms with Crippen LogP contribution in [0.15, 0.2) is 42.9 Å². The van der Waals surface area contributed by atoms with E-state index in [2.05, 4.69) is 25.6 Å². The van der Waals surface area contributed by atoms with Crippen molar-refractivity contribution in [1.29, 1.82) is 0 Å². The lowest BCUT2D eigenvalue weighted by molar-refractivity contribution is 0.895. The lowest BCUT2D eigenvalue weighted by atomic mass is 10.2. The Hall–Kier alpha value is -2.89. The van der Waals surface area contributed by atoms with Crippen molar-refractivity contribution >= 4 is 22.2 Å². The Morgan fingerprint density at radius 3 is 3.19 bits per heavy atom. The minimum absolute atomic E-state index is 0.687. The summed E-state index contributed by atoms with van der Waals surface area (Å²) < 4.78 is 1.81. The lowest BCUT2D eigenvalue weighted by Crippen LogP contribution is -2.02. The molecule has 0 saturated carbocycles. The van der Waals surface area contributed by atoms with Gasteiger partial charge in [0.15, 0.2) is 5.65 Å². The fourth-order valence-electron chi connectivity index (χ4n) is 2.44. The van der Waals surface area contributed by atoms with Crippen LogP contribution in [0.5, 0.6) is 0 Å². The number of rotatable bonds is 3. The van der Waals surface area contributed by atoms with Crippen LogP contribution in [-0.2, 0) is 6.54 Å². The van der Waals surface area contributed by atoms with E-state index in [0.29, 0.717) is 6.54 Å². The summed E-state index contributed by atoms with van der Waals surface area (Å²) in [4.78, 5) is 4.41. The van der Waals surface area contributed by atoms with Gasteiger partial charge in [0.2, 0.25) is 0 Å². The summed E-state index contributed by atoms with van der Waals surface area (Å²) >= 11 is 0. The van der Waals surface area contributed by atoms with Gasteiger partial charge in [-0.05, 0) is 19.1 Å². The van der Waals surface area contributed by atoms with Gasteiger partial charge in [-0.15, -0.1) is 0 Å². The standard InChI is InChI=1S/C15H14N6/c1-10-5-15-17-7-11(9-21(15)20-10)6-16-13-3-2-4-14-12(13)8-18-19-14/h2-5,7-9,16H,6H2,1H3,(H,18,19). The molecule has 0 aliphatic rings. The van der Waals surface area contributed by atoms with Crippen LogP contribution in [-0.4, -0.2) is 24.8 Å². The molecule has 0 aliphatic heterocycles. The predicted octanol–water partition coefficient (Wildman–Crippen LogP) is 2.53. The molecule has 6 heteroatoms. The first-order valence-electron chi connectivity index (χ1n) is 6.76. The molecule has 0 bridgehead atoms. The lowest BCUT2D eigenvalue weighted by Gasteiger charge is -2.07. The molecule has 0 fully saturated rings. The van der Waals surface area contributed by atoms with Crippen molar-refractivity contribution in [3.05, 3.63) is 54.1 Å². The van der Waals surface area contributed by atoms with Crippen molar-refractivity contribution in [2.75, 3.05) is 5.32 Å². The highest BCUT2D eigenvalue weighted by atomic mass is 15.2. The fourth-order valence-corrected chi connectivity index (χ4v) is 2.44. The zero-order chi connectivity index (χ0) is 14.2. The zero-order valence-corrected chi connectivity index (χ0v) is 11.5. The van der Waals surface area contributed by atoms with Crippen molar-refractivity contribution in [2.45, 2.75) is 13.5 Å². The van der Waals surface area contributed by atoms with Crippen LogP contribution >= 0.6 is 0 Å². The molecule has 1 aromatic carbocycles. The van der Waals surface area contributed by atoms with Crippen molar-refractivity contribution in [3.63, 3.8) is 0 Å². The number of hydrogen-bond donors (Lipinski definition) is 2. The molecule has 104 valence electrons. The summed E-state index contributed by atoms with van der Waals surface area (Å²) in [5.74, 6) is 0. The van der Waals surface area contributed by atoms with Gasteiger partial charge in [-0.2, -0.15) is 10.2 Å². The van der Waals surface area contributed by atoms with Gasteiger partial charge in [-0.3, -0.25) is 5.10 Å². The van der Waals surface area contributed by atoms with E-state index in [-0.39, 0.29) is 0 Å². The molecule has 4 aromatic rings. The number of aromatic amines is 1. The van der Waals surface area contributed by atoms with E-state index in [9.17, 15) is 0 Å². The van der Waals surface area contributed by atoms with Gasteiger partial charge in [-0.1, -0.05) is 6.07 Å². The molecule has 0 unspecified atom stereocenters. The minimum Gasteiger partial charge on any atom is -0.380 e. The first kappa shape index (κ1) is 11.9. The average Bonchev–Trinajstić information content (AvgIpc) is 3.09. The van der Waals surface area contributed by atoms with Gasteiger partial charge < -0.3 is 5.32 Å². The van der Waals surface area contributed by atoms with Gasteiger partial charge in [0.05, 0.1) is 17.4 Å². The molecule has 0 saturated heterocycles. The Balaban J connectivity index is 1.61. The quantitative estimate of drug-likeness (QED) is 0.604. The summed E-state index contributed by atoms with van der Waals surface area (Å²) in [5, 5.41) is 15.9. The Morgan fingerprint density at radius 1 is 1.29 bits per heavy atom. The van der Waals surface area contributed by atoms with Crippen LogP contribution in [0.1, 0.15) is 11.3 Å². The van der Waals surface area contributed by atoms with Crippen LogP contribution in [0.2, 0.25) is 0 Å².